The zero-order valence-corrected chi connectivity index (χ0v) is 12.9. The van der Waals surface area contributed by atoms with E-state index in [2.05, 4.69) is 29.8 Å². The van der Waals surface area contributed by atoms with Gasteiger partial charge in [0.05, 0.1) is 6.10 Å². The highest BCUT2D eigenvalue weighted by atomic mass is 79.9. The van der Waals surface area contributed by atoms with Crippen LogP contribution in [-0.2, 0) is 0 Å². The number of aryl methyl sites for hydroxylation is 2. The van der Waals surface area contributed by atoms with Crippen LogP contribution in [0, 0.1) is 13.8 Å². The largest absolute Gasteiger partial charge is 0.457 e. The Labute approximate surface area is 122 Å². The predicted octanol–water partition coefficient (Wildman–Crippen LogP) is 4.91. The van der Waals surface area contributed by atoms with Gasteiger partial charge in [0.25, 0.3) is 0 Å². The lowest BCUT2D eigenvalue weighted by Crippen LogP contribution is -1.96. The van der Waals surface area contributed by atoms with E-state index in [1.54, 1.807) is 6.92 Å². The van der Waals surface area contributed by atoms with Crippen LogP contribution in [0.5, 0.6) is 11.5 Å². The zero-order chi connectivity index (χ0) is 14.0. The van der Waals surface area contributed by atoms with Crippen molar-refractivity contribution in [3.63, 3.8) is 0 Å². The van der Waals surface area contributed by atoms with E-state index in [4.69, 9.17) is 4.74 Å². The van der Waals surface area contributed by atoms with E-state index < -0.39 is 6.10 Å². The summed E-state index contributed by atoms with van der Waals surface area (Å²) in [4.78, 5) is 0. The number of benzene rings is 2. The van der Waals surface area contributed by atoms with Crippen molar-refractivity contribution in [2.45, 2.75) is 26.9 Å². The molecule has 0 spiro atoms. The van der Waals surface area contributed by atoms with E-state index in [1.165, 1.54) is 11.1 Å². The lowest BCUT2D eigenvalue weighted by Gasteiger charge is -2.14. The Hall–Kier alpha value is -1.32. The highest BCUT2D eigenvalue weighted by Crippen LogP contribution is 2.32. The third kappa shape index (κ3) is 3.37. The first-order valence-corrected chi connectivity index (χ1v) is 6.99. The SMILES string of the molecule is Cc1ccc(Oc2ccc(Br)cc2C(C)O)cc1C. The van der Waals surface area contributed by atoms with Crippen LogP contribution in [0.25, 0.3) is 0 Å². The number of aliphatic hydroxyl groups is 1. The fourth-order valence-electron chi connectivity index (χ4n) is 1.84. The van der Waals surface area contributed by atoms with E-state index in [-0.39, 0.29) is 0 Å². The van der Waals surface area contributed by atoms with Crippen LogP contribution in [0.4, 0.5) is 0 Å². The van der Waals surface area contributed by atoms with Crippen molar-refractivity contribution in [2.75, 3.05) is 0 Å². The highest BCUT2D eigenvalue weighted by Gasteiger charge is 2.11. The maximum absolute atomic E-state index is 9.80. The van der Waals surface area contributed by atoms with E-state index in [0.717, 1.165) is 15.8 Å². The average Bonchev–Trinajstić information content (AvgIpc) is 2.36. The van der Waals surface area contributed by atoms with Crippen LogP contribution in [0.2, 0.25) is 0 Å². The molecular weight excluding hydrogens is 304 g/mol. The fraction of sp³-hybridized carbons (Fsp3) is 0.250. The number of ether oxygens (including phenoxy) is 1. The van der Waals surface area contributed by atoms with Crippen LogP contribution in [0.15, 0.2) is 40.9 Å². The lowest BCUT2D eigenvalue weighted by molar-refractivity contribution is 0.195. The quantitative estimate of drug-likeness (QED) is 0.870. The molecule has 0 saturated carbocycles. The molecule has 19 heavy (non-hydrogen) atoms. The van der Waals surface area contributed by atoms with Crippen LogP contribution in [-0.4, -0.2) is 5.11 Å². The Kier molecular flexibility index (Phi) is 4.27. The molecule has 0 aromatic heterocycles. The van der Waals surface area contributed by atoms with Crippen molar-refractivity contribution in [1.29, 1.82) is 0 Å². The second kappa shape index (κ2) is 5.76. The van der Waals surface area contributed by atoms with Gasteiger partial charge in [0.1, 0.15) is 11.5 Å². The van der Waals surface area contributed by atoms with Crippen LogP contribution >= 0.6 is 15.9 Å². The molecule has 0 saturated heterocycles. The third-order valence-corrected chi connectivity index (χ3v) is 3.62. The molecule has 0 amide bonds. The summed E-state index contributed by atoms with van der Waals surface area (Å²) in [5.41, 5.74) is 3.19. The first-order valence-electron chi connectivity index (χ1n) is 6.20. The van der Waals surface area contributed by atoms with Crippen molar-refractivity contribution in [3.8, 4) is 11.5 Å². The molecule has 2 aromatic rings. The topological polar surface area (TPSA) is 29.5 Å². The molecule has 0 aliphatic carbocycles. The van der Waals surface area contributed by atoms with Gasteiger partial charge in [0, 0.05) is 10.0 Å². The molecule has 100 valence electrons. The monoisotopic (exact) mass is 320 g/mol. The molecule has 1 N–H and O–H groups in total. The van der Waals surface area contributed by atoms with Crippen molar-refractivity contribution in [1.82, 2.24) is 0 Å². The van der Waals surface area contributed by atoms with Crippen molar-refractivity contribution < 1.29 is 9.84 Å². The summed E-state index contributed by atoms with van der Waals surface area (Å²) in [6.45, 7) is 5.86. The Morgan fingerprint density at radius 1 is 1.05 bits per heavy atom. The molecule has 2 nitrogen and oxygen atoms in total. The van der Waals surface area contributed by atoms with Crippen LogP contribution in [0.3, 0.4) is 0 Å². The van der Waals surface area contributed by atoms with E-state index in [1.807, 2.05) is 36.4 Å². The van der Waals surface area contributed by atoms with Crippen molar-refractivity contribution in [3.05, 3.63) is 57.6 Å². The standard InChI is InChI=1S/C16H17BrO2/c1-10-4-6-14(8-11(10)2)19-16-7-5-13(17)9-15(16)12(3)18/h4-9,12,18H,1-3H3. The molecule has 0 bridgehead atoms. The minimum atomic E-state index is -0.570. The summed E-state index contributed by atoms with van der Waals surface area (Å²) < 4.78 is 6.81. The third-order valence-electron chi connectivity index (χ3n) is 3.13. The Balaban J connectivity index is 2.35. The van der Waals surface area contributed by atoms with E-state index in [9.17, 15) is 5.11 Å². The van der Waals surface area contributed by atoms with Gasteiger partial charge in [-0.15, -0.1) is 0 Å². The molecule has 3 heteroatoms. The highest BCUT2D eigenvalue weighted by molar-refractivity contribution is 9.10. The first kappa shape index (κ1) is 14.1. The lowest BCUT2D eigenvalue weighted by atomic mass is 10.1. The Bertz CT molecular complexity index is 591. The summed E-state index contributed by atoms with van der Waals surface area (Å²) in [6, 6.07) is 11.6. The van der Waals surface area contributed by atoms with Gasteiger partial charge in [-0.3, -0.25) is 0 Å². The molecule has 0 aliphatic heterocycles. The van der Waals surface area contributed by atoms with Gasteiger partial charge in [-0.25, -0.2) is 0 Å². The van der Waals surface area contributed by atoms with Gasteiger partial charge in [-0.05, 0) is 62.2 Å². The number of halogens is 1. The molecule has 0 aliphatic rings. The zero-order valence-electron chi connectivity index (χ0n) is 11.3. The molecule has 2 aromatic carbocycles. The minimum Gasteiger partial charge on any atom is -0.457 e. The molecule has 0 heterocycles. The van der Waals surface area contributed by atoms with E-state index >= 15 is 0 Å². The van der Waals surface area contributed by atoms with Crippen LogP contribution < -0.4 is 4.74 Å². The average molecular weight is 321 g/mol. The second-order valence-electron chi connectivity index (χ2n) is 4.71. The summed E-state index contributed by atoms with van der Waals surface area (Å²) in [7, 11) is 0. The van der Waals surface area contributed by atoms with Gasteiger partial charge in [-0.2, -0.15) is 0 Å². The van der Waals surface area contributed by atoms with Gasteiger partial charge in [0.2, 0.25) is 0 Å². The minimum absolute atomic E-state index is 0.570. The molecular formula is C16H17BrO2. The van der Waals surface area contributed by atoms with Crippen molar-refractivity contribution in [2.24, 2.45) is 0 Å². The predicted molar refractivity (Wildman–Crippen MR) is 80.8 cm³/mol. The summed E-state index contributed by atoms with van der Waals surface area (Å²) in [5, 5.41) is 9.80. The maximum atomic E-state index is 9.80. The normalized spacial score (nSPS) is 12.3. The molecule has 1 atom stereocenters. The van der Waals surface area contributed by atoms with Gasteiger partial charge < -0.3 is 9.84 Å². The maximum Gasteiger partial charge on any atom is 0.133 e. The molecule has 2 rings (SSSR count). The number of rotatable bonds is 3. The number of hydrogen-bond donors (Lipinski definition) is 1. The first-order chi connectivity index (χ1) is 8.97. The molecule has 0 radical (unpaired) electrons. The smallest absolute Gasteiger partial charge is 0.133 e. The molecule has 0 fully saturated rings. The van der Waals surface area contributed by atoms with E-state index in [0.29, 0.717) is 5.75 Å². The molecule has 1 unspecified atom stereocenters. The van der Waals surface area contributed by atoms with Crippen molar-refractivity contribution >= 4 is 15.9 Å². The number of hydrogen-bond acceptors (Lipinski definition) is 2. The second-order valence-corrected chi connectivity index (χ2v) is 5.62. The van der Waals surface area contributed by atoms with Gasteiger partial charge >= 0.3 is 0 Å². The Morgan fingerprint density at radius 3 is 2.42 bits per heavy atom. The van der Waals surface area contributed by atoms with Gasteiger partial charge in [-0.1, -0.05) is 22.0 Å². The summed E-state index contributed by atoms with van der Waals surface area (Å²) in [5.74, 6) is 1.47. The number of aliphatic hydroxyl groups excluding tert-OH is 1. The Morgan fingerprint density at radius 2 is 1.79 bits per heavy atom. The van der Waals surface area contributed by atoms with Gasteiger partial charge in [0.15, 0.2) is 0 Å². The summed E-state index contributed by atoms with van der Waals surface area (Å²) >= 11 is 3.40. The fourth-order valence-corrected chi connectivity index (χ4v) is 2.22. The van der Waals surface area contributed by atoms with Crippen LogP contribution in [0.1, 0.15) is 29.7 Å². The summed E-state index contributed by atoms with van der Waals surface area (Å²) in [6.07, 6.45) is -0.570.